The lowest BCUT2D eigenvalue weighted by Gasteiger charge is -2.08. The van der Waals surface area contributed by atoms with Gasteiger partial charge in [0.15, 0.2) is 0 Å². The molecule has 0 aliphatic rings. The minimum absolute atomic E-state index is 0.988. The number of hydrogen-bond donors (Lipinski definition) is 0. The molecule has 94 valence electrons. The molecule has 0 saturated heterocycles. The van der Waals surface area contributed by atoms with E-state index in [1.165, 1.54) is 0 Å². The first-order chi connectivity index (χ1) is 9.30. The van der Waals surface area contributed by atoms with Gasteiger partial charge in [0, 0.05) is 11.6 Å². The first kappa shape index (κ1) is 13.0. The Hall–Kier alpha value is -2.41. The van der Waals surface area contributed by atoms with Crippen LogP contribution in [0.5, 0.6) is 0 Å². The summed E-state index contributed by atoms with van der Waals surface area (Å²) in [6.45, 7) is 9.61. The first-order valence-electron chi connectivity index (χ1n) is 6.27. The molecule has 1 heterocycles. The van der Waals surface area contributed by atoms with Gasteiger partial charge < -0.3 is 0 Å². The third-order valence-electron chi connectivity index (χ3n) is 2.96. The van der Waals surface area contributed by atoms with Gasteiger partial charge in [-0.3, -0.25) is 4.98 Å². The second-order valence-electron chi connectivity index (χ2n) is 4.20. The van der Waals surface area contributed by atoms with Gasteiger partial charge in [0.1, 0.15) is 0 Å². The molecule has 0 spiro atoms. The summed E-state index contributed by atoms with van der Waals surface area (Å²) in [5.74, 6) is 0. The highest BCUT2D eigenvalue weighted by atomic mass is 14.6. The van der Waals surface area contributed by atoms with Crippen molar-refractivity contribution in [2.24, 2.45) is 0 Å². The highest BCUT2D eigenvalue weighted by molar-refractivity contribution is 5.95. The molecular weight excluding hydrogens is 230 g/mol. The zero-order valence-corrected chi connectivity index (χ0v) is 11.1. The summed E-state index contributed by atoms with van der Waals surface area (Å²) in [6.07, 6.45) is 11.6. The van der Waals surface area contributed by atoms with Crippen LogP contribution < -0.4 is 0 Å². The van der Waals surface area contributed by atoms with Gasteiger partial charge in [-0.05, 0) is 41.8 Å². The van der Waals surface area contributed by atoms with Crippen LogP contribution in [-0.4, -0.2) is 4.98 Å². The summed E-state index contributed by atoms with van der Waals surface area (Å²) in [4.78, 5) is 4.41. The topological polar surface area (TPSA) is 12.9 Å². The van der Waals surface area contributed by atoms with Gasteiger partial charge in [0.25, 0.3) is 0 Å². The van der Waals surface area contributed by atoms with Gasteiger partial charge in [-0.1, -0.05) is 49.6 Å². The van der Waals surface area contributed by atoms with E-state index in [0.717, 1.165) is 27.6 Å². The van der Waals surface area contributed by atoms with Crippen LogP contribution in [0.4, 0.5) is 0 Å². The minimum atomic E-state index is 0.988. The number of nitrogens with zero attached hydrogens (tertiary/aromatic N) is 1. The zero-order valence-electron chi connectivity index (χ0n) is 11.1. The molecule has 1 aromatic carbocycles. The Morgan fingerprint density at radius 1 is 1.21 bits per heavy atom. The smallest absolute Gasteiger partial charge is 0.0708 e. The van der Waals surface area contributed by atoms with Crippen LogP contribution in [0.3, 0.4) is 0 Å². The highest BCUT2D eigenvalue weighted by Crippen LogP contribution is 2.26. The first-order valence-corrected chi connectivity index (χ1v) is 6.27. The molecule has 1 heteroatoms. The Morgan fingerprint density at radius 2 is 2.05 bits per heavy atom. The summed E-state index contributed by atoms with van der Waals surface area (Å²) >= 11 is 0. The molecule has 0 fully saturated rings. The van der Waals surface area contributed by atoms with Crippen molar-refractivity contribution in [3.05, 3.63) is 79.1 Å². The highest BCUT2D eigenvalue weighted by Gasteiger charge is 2.05. The third-order valence-corrected chi connectivity index (χ3v) is 2.96. The number of fused-ring (bicyclic) bond motifs is 1. The van der Waals surface area contributed by atoms with Crippen LogP contribution in [-0.2, 0) is 0 Å². The molecule has 2 aromatic rings. The van der Waals surface area contributed by atoms with Crippen molar-refractivity contribution in [3.63, 3.8) is 0 Å². The van der Waals surface area contributed by atoms with Crippen molar-refractivity contribution in [3.8, 4) is 0 Å². The van der Waals surface area contributed by atoms with Gasteiger partial charge in [0.2, 0.25) is 0 Å². The molecule has 1 nitrogen and oxygen atoms in total. The van der Waals surface area contributed by atoms with Gasteiger partial charge in [0.05, 0.1) is 5.52 Å². The van der Waals surface area contributed by atoms with Crippen LogP contribution >= 0.6 is 0 Å². The number of pyridine rings is 1. The van der Waals surface area contributed by atoms with E-state index in [1.54, 1.807) is 6.08 Å². The quantitative estimate of drug-likeness (QED) is 0.691. The average molecular weight is 247 g/mol. The summed E-state index contributed by atoms with van der Waals surface area (Å²) in [7, 11) is 0. The van der Waals surface area contributed by atoms with Gasteiger partial charge >= 0.3 is 0 Å². The Morgan fingerprint density at radius 3 is 2.74 bits per heavy atom. The molecule has 0 amide bonds. The Bertz CT molecular complexity index is 675. The van der Waals surface area contributed by atoms with Gasteiger partial charge in [-0.15, -0.1) is 0 Å². The molecule has 0 unspecified atom stereocenters. The molecule has 19 heavy (non-hydrogen) atoms. The predicted molar refractivity (Wildman–Crippen MR) is 84.8 cm³/mol. The number of allylic oxidation sites excluding steroid dienone is 5. The van der Waals surface area contributed by atoms with E-state index in [9.17, 15) is 0 Å². The lowest BCUT2D eigenvalue weighted by Crippen LogP contribution is -1.88. The van der Waals surface area contributed by atoms with Crippen LogP contribution in [0, 0.1) is 0 Å². The minimum Gasteiger partial charge on any atom is -0.256 e. The standard InChI is InChI=1S/C18H17N/c1-4-7-15(8-5-2)16-11-12-19-18-10-9-14(6-3)13-17(16)18/h4-13H,1,3H2,2H3/b8-5-,15-7+. The molecule has 0 aliphatic heterocycles. The monoisotopic (exact) mass is 247 g/mol. The fraction of sp³-hybridized carbons (Fsp3) is 0.0556. The van der Waals surface area contributed by atoms with E-state index in [1.807, 2.05) is 49.5 Å². The van der Waals surface area contributed by atoms with Crippen LogP contribution in [0.25, 0.3) is 22.6 Å². The third kappa shape index (κ3) is 2.71. The van der Waals surface area contributed by atoms with Crippen molar-refractivity contribution in [1.82, 2.24) is 4.98 Å². The van der Waals surface area contributed by atoms with E-state index >= 15 is 0 Å². The fourth-order valence-electron chi connectivity index (χ4n) is 2.08. The van der Waals surface area contributed by atoms with E-state index < -0.39 is 0 Å². The zero-order chi connectivity index (χ0) is 13.7. The van der Waals surface area contributed by atoms with E-state index in [4.69, 9.17) is 0 Å². The summed E-state index contributed by atoms with van der Waals surface area (Å²) in [6, 6.07) is 8.20. The summed E-state index contributed by atoms with van der Waals surface area (Å²) in [5, 5.41) is 1.13. The van der Waals surface area contributed by atoms with Crippen LogP contribution in [0.1, 0.15) is 18.1 Å². The molecule has 0 N–H and O–H groups in total. The second kappa shape index (κ2) is 5.96. The summed E-state index contributed by atoms with van der Waals surface area (Å²) in [5.41, 5.74) is 4.38. The molecule has 0 atom stereocenters. The molecule has 0 bridgehead atoms. The van der Waals surface area contributed by atoms with Crippen LogP contribution in [0.15, 0.2) is 67.9 Å². The van der Waals surface area contributed by atoms with Crippen LogP contribution in [0.2, 0.25) is 0 Å². The van der Waals surface area contributed by atoms with Gasteiger partial charge in [-0.2, -0.15) is 0 Å². The van der Waals surface area contributed by atoms with Gasteiger partial charge in [-0.25, -0.2) is 0 Å². The van der Waals surface area contributed by atoms with Crippen molar-refractivity contribution >= 4 is 22.6 Å². The lowest BCUT2D eigenvalue weighted by atomic mass is 9.99. The SMILES string of the molecule is C=C/C=C(\C=C/C)c1ccnc2ccc(C=C)cc12. The van der Waals surface area contributed by atoms with Crippen molar-refractivity contribution < 1.29 is 0 Å². The maximum atomic E-state index is 4.41. The Kier molecular flexibility index (Phi) is 4.09. The second-order valence-corrected chi connectivity index (χ2v) is 4.20. The Labute approximate surface area is 114 Å². The number of benzene rings is 1. The lowest BCUT2D eigenvalue weighted by molar-refractivity contribution is 1.40. The summed E-state index contributed by atoms with van der Waals surface area (Å²) < 4.78 is 0. The maximum absolute atomic E-state index is 4.41. The molecular formula is C18H17N. The molecule has 0 radical (unpaired) electrons. The van der Waals surface area contributed by atoms with E-state index in [2.05, 4.69) is 30.3 Å². The van der Waals surface area contributed by atoms with E-state index in [0.29, 0.717) is 0 Å². The molecule has 1 aromatic heterocycles. The van der Waals surface area contributed by atoms with Crippen molar-refractivity contribution in [1.29, 1.82) is 0 Å². The molecule has 0 saturated carbocycles. The predicted octanol–water partition coefficient (Wildman–Crippen LogP) is 5.02. The van der Waals surface area contributed by atoms with E-state index in [-0.39, 0.29) is 0 Å². The maximum Gasteiger partial charge on any atom is 0.0708 e. The Balaban J connectivity index is 2.74. The molecule has 0 aliphatic carbocycles. The normalized spacial score (nSPS) is 11.9. The number of aromatic nitrogens is 1. The van der Waals surface area contributed by atoms with Crippen molar-refractivity contribution in [2.45, 2.75) is 6.92 Å². The number of hydrogen-bond acceptors (Lipinski definition) is 1. The number of rotatable bonds is 4. The molecule has 2 rings (SSSR count). The van der Waals surface area contributed by atoms with Crippen molar-refractivity contribution in [2.75, 3.05) is 0 Å². The fourth-order valence-corrected chi connectivity index (χ4v) is 2.08. The largest absolute Gasteiger partial charge is 0.256 e. The average Bonchev–Trinajstić information content (AvgIpc) is 2.46.